The molecule has 2 aromatic rings. The largest absolute Gasteiger partial charge is 0.374 e. The minimum atomic E-state index is -0.472. The lowest BCUT2D eigenvalue weighted by molar-refractivity contribution is -0.121. The van der Waals surface area contributed by atoms with E-state index in [-0.39, 0.29) is 29.0 Å². The number of benzene rings is 1. The summed E-state index contributed by atoms with van der Waals surface area (Å²) in [7, 11) is 1.60. The van der Waals surface area contributed by atoms with Crippen LogP contribution in [0.5, 0.6) is 0 Å². The topological polar surface area (TPSA) is 38.3 Å². The van der Waals surface area contributed by atoms with E-state index >= 15 is 0 Å². The van der Waals surface area contributed by atoms with E-state index in [1.807, 2.05) is 19.1 Å². The average molecular weight is 342 g/mol. The van der Waals surface area contributed by atoms with Crippen molar-refractivity contribution in [2.45, 2.75) is 19.4 Å². The number of halogens is 2. The van der Waals surface area contributed by atoms with Crippen molar-refractivity contribution in [3.05, 3.63) is 56.5 Å². The Bertz CT molecular complexity index is 639. The molecule has 0 aliphatic carbocycles. The minimum Gasteiger partial charge on any atom is -0.374 e. The van der Waals surface area contributed by atoms with Crippen LogP contribution in [0.3, 0.4) is 0 Å². The summed E-state index contributed by atoms with van der Waals surface area (Å²) in [6, 6.07) is 8.36. The second kappa shape index (κ2) is 7.72. The molecule has 118 valence electrons. The van der Waals surface area contributed by atoms with E-state index < -0.39 is 5.82 Å². The SMILES string of the molecule is CO[C@@H](CNC(=O)Cc1c(F)cccc1Cl)c1ccc(C)s1. The van der Waals surface area contributed by atoms with E-state index in [4.69, 9.17) is 16.3 Å². The van der Waals surface area contributed by atoms with Gasteiger partial charge in [0.2, 0.25) is 5.91 Å². The van der Waals surface area contributed by atoms with Crippen molar-refractivity contribution in [3.8, 4) is 0 Å². The normalized spacial score (nSPS) is 12.2. The van der Waals surface area contributed by atoms with Crippen molar-refractivity contribution in [1.82, 2.24) is 5.32 Å². The van der Waals surface area contributed by atoms with Gasteiger partial charge in [0.1, 0.15) is 11.9 Å². The molecule has 0 bridgehead atoms. The van der Waals surface area contributed by atoms with Crippen LogP contribution in [0.25, 0.3) is 0 Å². The molecule has 1 aromatic carbocycles. The number of amides is 1. The summed E-state index contributed by atoms with van der Waals surface area (Å²) < 4.78 is 19.0. The predicted octanol–water partition coefficient (Wildman–Crippen LogP) is 3.90. The maximum Gasteiger partial charge on any atom is 0.224 e. The highest BCUT2D eigenvalue weighted by Gasteiger charge is 2.16. The molecule has 1 atom stereocenters. The first-order valence-corrected chi connectivity index (χ1v) is 7.99. The standard InChI is InChI=1S/C16H17ClFNO2S/c1-10-6-7-15(22-10)14(21-2)9-19-16(20)8-11-12(17)4-3-5-13(11)18/h3-7,14H,8-9H2,1-2H3,(H,19,20)/t14-/m0/s1. The lowest BCUT2D eigenvalue weighted by Gasteiger charge is -2.15. The first kappa shape index (κ1) is 16.9. The van der Waals surface area contributed by atoms with E-state index in [0.29, 0.717) is 6.54 Å². The van der Waals surface area contributed by atoms with Gasteiger partial charge in [-0.15, -0.1) is 11.3 Å². The second-order valence-corrected chi connectivity index (χ2v) is 6.58. The summed E-state index contributed by atoms with van der Waals surface area (Å²) in [5.74, 6) is -0.762. The fourth-order valence-electron chi connectivity index (χ4n) is 2.06. The Hall–Kier alpha value is -1.43. The van der Waals surface area contributed by atoms with Crippen LogP contribution in [0, 0.1) is 12.7 Å². The van der Waals surface area contributed by atoms with Crippen LogP contribution in [0.2, 0.25) is 5.02 Å². The molecule has 0 saturated heterocycles. The van der Waals surface area contributed by atoms with Gasteiger partial charge in [0.05, 0.1) is 6.42 Å². The number of methoxy groups -OCH3 is 1. The molecule has 0 saturated carbocycles. The second-order valence-electron chi connectivity index (χ2n) is 4.85. The highest BCUT2D eigenvalue weighted by Crippen LogP contribution is 2.24. The van der Waals surface area contributed by atoms with Crippen molar-refractivity contribution in [2.24, 2.45) is 0 Å². The van der Waals surface area contributed by atoms with Crippen LogP contribution in [-0.2, 0) is 16.0 Å². The van der Waals surface area contributed by atoms with Gasteiger partial charge in [-0.05, 0) is 31.2 Å². The molecule has 1 heterocycles. The number of carbonyl (C=O) groups excluding carboxylic acids is 1. The quantitative estimate of drug-likeness (QED) is 0.865. The molecule has 3 nitrogen and oxygen atoms in total. The number of hydrogen-bond donors (Lipinski definition) is 1. The van der Waals surface area contributed by atoms with Gasteiger partial charge in [-0.25, -0.2) is 4.39 Å². The van der Waals surface area contributed by atoms with Crippen LogP contribution < -0.4 is 5.32 Å². The zero-order chi connectivity index (χ0) is 16.1. The fourth-order valence-corrected chi connectivity index (χ4v) is 3.24. The molecule has 22 heavy (non-hydrogen) atoms. The van der Waals surface area contributed by atoms with Crippen molar-refractivity contribution in [2.75, 3.05) is 13.7 Å². The van der Waals surface area contributed by atoms with Crippen LogP contribution in [-0.4, -0.2) is 19.6 Å². The Labute approximate surface area is 138 Å². The molecular weight excluding hydrogens is 325 g/mol. The van der Waals surface area contributed by atoms with Gasteiger partial charge in [-0.2, -0.15) is 0 Å². The maximum absolute atomic E-state index is 13.7. The summed E-state index contributed by atoms with van der Waals surface area (Å²) in [4.78, 5) is 14.2. The summed E-state index contributed by atoms with van der Waals surface area (Å²) in [6.07, 6.45) is -0.301. The van der Waals surface area contributed by atoms with Crippen molar-refractivity contribution < 1.29 is 13.9 Å². The smallest absolute Gasteiger partial charge is 0.224 e. The number of thiophene rings is 1. The summed E-state index contributed by atoms with van der Waals surface area (Å²) in [5.41, 5.74) is 0.211. The van der Waals surface area contributed by atoms with Crippen molar-refractivity contribution in [3.63, 3.8) is 0 Å². The Kier molecular flexibility index (Phi) is 5.94. The number of rotatable bonds is 6. The van der Waals surface area contributed by atoms with Gasteiger partial charge in [0.15, 0.2) is 0 Å². The molecule has 2 rings (SSSR count). The first-order chi connectivity index (χ1) is 10.5. The highest BCUT2D eigenvalue weighted by molar-refractivity contribution is 7.12. The van der Waals surface area contributed by atoms with Gasteiger partial charge >= 0.3 is 0 Å². The van der Waals surface area contributed by atoms with Gasteiger partial charge in [-0.3, -0.25) is 4.79 Å². The molecular formula is C16H17ClFNO2S. The average Bonchev–Trinajstić information content (AvgIpc) is 2.90. The number of hydrogen-bond acceptors (Lipinski definition) is 3. The number of carbonyl (C=O) groups is 1. The molecule has 1 N–H and O–H groups in total. The van der Waals surface area contributed by atoms with Crippen molar-refractivity contribution in [1.29, 1.82) is 0 Å². The van der Waals surface area contributed by atoms with Gasteiger partial charge in [-0.1, -0.05) is 17.7 Å². The Morgan fingerprint density at radius 1 is 1.41 bits per heavy atom. The predicted molar refractivity (Wildman–Crippen MR) is 86.9 cm³/mol. The van der Waals surface area contributed by atoms with E-state index in [2.05, 4.69) is 5.32 Å². The molecule has 0 radical (unpaired) electrons. The molecule has 1 aromatic heterocycles. The fraction of sp³-hybridized carbons (Fsp3) is 0.312. The third kappa shape index (κ3) is 4.29. The van der Waals surface area contributed by atoms with Gasteiger partial charge < -0.3 is 10.1 Å². The van der Waals surface area contributed by atoms with E-state index in [9.17, 15) is 9.18 Å². The molecule has 0 spiro atoms. The Morgan fingerprint density at radius 3 is 2.77 bits per heavy atom. The zero-order valence-electron chi connectivity index (χ0n) is 12.4. The lowest BCUT2D eigenvalue weighted by atomic mass is 10.1. The Balaban J connectivity index is 1.94. The molecule has 0 fully saturated rings. The Morgan fingerprint density at radius 2 is 2.18 bits per heavy atom. The third-order valence-electron chi connectivity index (χ3n) is 3.25. The molecule has 1 amide bonds. The third-order valence-corrected chi connectivity index (χ3v) is 4.69. The summed E-state index contributed by atoms with van der Waals surface area (Å²) in [5, 5.41) is 3.02. The van der Waals surface area contributed by atoms with Crippen molar-refractivity contribution >= 4 is 28.8 Å². The summed E-state index contributed by atoms with van der Waals surface area (Å²) >= 11 is 7.54. The molecule has 0 aliphatic rings. The summed E-state index contributed by atoms with van der Waals surface area (Å²) in [6.45, 7) is 2.35. The minimum absolute atomic E-state index is 0.0919. The number of aryl methyl sites for hydroxylation is 1. The van der Waals surface area contributed by atoms with Gasteiger partial charge in [0.25, 0.3) is 0 Å². The van der Waals surface area contributed by atoms with Gasteiger partial charge in [0, 0.05) is 34.0 Å². The lowest BCUT2D eigenvalue weighted by Crippen LogP contribution is -2.30. The maximum atomic E-state index is 13.7. The van der Waals surface area contributed by atoms with Crippen LogP contribution in [0.15, 0.2) is 30.3 Å². The number of ether oxygens (including phenoxy) is 1. The highest BCUT2D eigenvalue weighted by atomic mass is 35.5. The first-order valence-electron chi connectivity index (χ1n) is 6.80. The molecule has 6 heteroatoms. The monoisotopic (exact) mass is 341 g/mol. The molecule has 0 aliphatic heterocycles. The van der Waals surface area contributed by atoms with E-state index in [1.54, 1.807) is 24.5 Å². The van der Waals surface area contributed by atoms with E-state index in [1.165, 1.54) is 17.0 Å². The van der Waals surface area contributed by atoms with Crippen LogP contribution >= 0.6 is 22.9 Å². The van der Waals surface area contributed by atoms with E-state index in [0.717, 1.165) is 4.88 Å². The zero-order valence-corrected chi connectivity index (χ0v) is 13.9. The van der Waals surface area contributed by atoms with Crippen LogP contribution in [0.4, 0.5) is 4.39 Å². The van der Waals surface area contributed by atoms with Crippen LogP contribution in [0.1, 0.15) is 21.4 Å². The number of nitrogens with one attached hydrogen (secondary N) is 1. The molecule has 0 unspecified atom stereocenters.